The molecule has 0 radical (unpaired) electrons. The summed E-state index contributed by atoms with van der Waals surface area (Å²) >= 11 is 0. The third kappa shape index (κ3) is 1.79. The van der Waals surface area contributed by atoms with Crippen LogP contribution in [0.4, 0.5) is 6.01 Å². The van der Waals surface area contributed by atoms with E-state index in [9.17, 15) is 0 Å². The van der Waals surface area contributed by atoms with Crippen LogP contribution in [0.3, 0.4) is 0 Å². The van der Waals surface area contributed by atoms with Crippen LogP contribution in [0, 0.1) is 0 Å². The first-order valence-corrected chi connectivity index (χ1v) is 5.92. The summed E-state index contributed by atoms with van der Waals surface area (Å²) in [6.45, 7) is 4.09. The SMILES string of the molecule is CC(C)Nc1nc(C2Cc3ccccc32)no1. The first-order chi connectivity index (χ1) is 8.24. The molecule has 3 rings (SSSR count). The van der Waals surface area contributed by atoms with Crippen LogP contribution in [0.2, 0.25) is 0 Å². The first-order valence-electron chi connectivity index (χ1n) is 5.92. The Bertz CT molecular complexity index is 533. The average Bonchev–Trinajstić information content (AvgIpc) is 2.67. The lowest BCUT2D eigenvalue weighted by Gasteiger charge is -2.27. The Labute approximate surface area is 100 Å². The van der Waals surface area contributed by atoms with Crippen LogP contribution in [-0.4, -0.2) is 16.2 Å². The molecule has 0 fully saturated rings. The number of fused-ring (bicyclic) bond motifs is 1. The molecule has 0 saturated heterocycles. The van der Waals surface area contributed by atoms with Crippen molar-refractivity contribution in [1.82, 2.24) is 10.1 Å². The highest BCUT2D eigenvalue weighted by Gasteiger charge is 2.30. The van der Waals surface area contributed by atoms with Crippen molar-refractivity contribution in [3.05, 3.63) is 41.2 Å². The molecule has 1 unspecified atom stereocenters. The minimum absolute atomic E-state index is 0.303. The smallest absolute Gasteiger partial charge is 0.321 e. The molecule has 1 N–H and O–H groups in total. The fourth-order valence-electron chi connectivity index (χ4n) is 2.17. The summed E-state index contributed by atoms with van der Waals surface area (Å²) in [5, 5.41) is 7.15. The first kappa shape index (κ1) is 10.3. The molecule has 1 aromatic carbocycles. The van der Waals surface area contributed by atoms with Crippen LogP contribution in [0.25, 0.3) is 0 Å². The number of nitrogens with zero attached hydrogens (tertiary/aromatic N) is 2. The zero-order valence-corrected chi connectivity index (χ0v) is 9.97. The van der Waals surface area contributed by atoms with Gasteiger partial charge in [-0.2, -0.15) is 4.98 Å². The number of hydrogen-bond donors (Lipinski definition) is 1. The molecule has 1 aliphatic carbocycles. The maximum absolute atomic E-state index is 5.18. The number of benzene rings is 1. The zero-order chi connectivity index (χ0) is 11.8. The molecule has 88 valence electrons. The number of nitrogens with one attached hydrogen (secondary N) is 1. The van der Waals surface area contributed by atoms with Gasteiger partial charge in [-0.1, -0.05) is 29.4 Å². The van der Waals surface area contributed by atoms with Gasteiger partial charge in [0.05, 0.1) is 5.92 Å². The summed E-state index contributed by atoms with van der Waals surface area (Å²) in [5.41, 5.74) is 2.71. The largest absolute Gasteiger partial charge is 0.336 e. The van der Waals surface area contributed by atoms with Crippen LogP contribution in [-0.2, 0) is 6.42 Å². The van der Waals surface area contributed by atoms with Gasteiger partial charge in [-0.25, -0.2) is 0 Å². The van der Waals surface area contributed by atoms with Gasteiger partial charge in [-0.15, -0.1) is 0 Å². The second-order valence-electron chi connectivity index (χ2n) is 4.71. The molecule has 17 heavy (non-hydrogen) atoms. The highest BCUT2D eigenvalue weighted by Crippen LogP contribution is 2.38. The molecule has 1 heterocycles. The maximum Gasteiger partial charge on any atom is 0.321 e. The van der Waals surface area contributed by atoms with Gasteiger partial charge in [0.2, 0.25) is 0 Å². The summed E-state index contributed by atoms with van der Waals surface area (Å²) in [5.74, 6) is 1.09. The molecule has 0 amide bonds. The van der Waals surface area contributed by atoms with Gasteiger partial charge < -0.3 is 9.84 Å². The van der Waals surface area contributed by atoms with Gasteiger partial charge in [0.1, 0.15) is 0 Å². The van der Waals surface area contributed by atoms with Gasteiger partial charge in [0.15, 0.2) is 5.82 Å². The van der Waals surface area contributed by atoms with Crippen molar-refractivity contribution in [3.8, 4) is 0 Å². The van der Waals surface area contributed by atoms with Gasteiger partial charge in [-0.05, 0) is 31.4 Å². The van der Waals surface area contributed by atoms with E-state index in [2.05, 4.69) is 39.7 Å². The normalized spacial score (nSPS) is 17.7. The Hall–Kier alpha value is -1.84. The molecule has 1 aromatic heterocycles. The van der Waals surface area contributed by atoms with E-state index in [0.717, 1.165) is 12.2 Å². The lowest BCUT2D eigenvalue weighted by molar-refractivity contribution is 0.414. The molecule has 0 bridgehead atoms. The third-order valence-electron chi connectivity index (χ3n) is 3.02. The van der Waals surface area contributed by atoms with E-state index in [4.69, 9.17) is 4.52 Å². The van der Waals surface area contributed by atoms with Crippen molar-refractivity contribution in [2.75, 3.05) is 5.32 Å². The quantitative estimate of drug-likeness (QED) is 0.878. The van der Waals surface area contributed by atoms with Crippen molar-refractivity contribution in [2.24, 2.45) is 0 Å². The van der Waals surface area contributed by atoms with Crippen molar-refractivity contribution in [1.29, 1.82) is 0 Å². The fourth-order valence-corrected chi connectivity index (χ4v) is 2.17. The van der Waals surface area contributed by atoms with E-state index in [-0.39, 0.29) is 0 Å². The summed E-state index contributed by atoms with van der Waals surface area (Å²) in [4.78, 5) is 4.38. The topological polar surface area (TPSA) is 51.0 Å². The van der Waals surface area contributed by atoms with Crippen molar-refractivity contribution >= 4 is 6.01 Å². The molecule has 2 aromatic rings. The molecule has 4 nitrogen and oxygen atoms in total. The number of anilines is 1. The third-order valence-corrected chi connectivity index (χ3v) is 3.02. The zero-order valence-electron chi connectivity index (χ0n) is 9.97. The van der Waals surface area contributed by atoms with Gasteiger partial charge in [0.25, 0.3) is 0 Å². The van der Waals surface area contributed by atoms with Crippen LogP contribution in [0.1, 0.15) is 36.7 Å². The van der Waals surface area contributed by atoms with Crippen LogP contribution in [0.15, 0.2) is 28.8 Å². The number of rotatable bonds is 3. The predicted octanol–water partition coefficient (Wildman–Crippen LogP) is 2.58. The fraction of sp³-hybridized carbons (Fsp3) is 0.385. The summed E-state index contributed by atoms with van der Waals surface area (Å²) in [6, 6.07) is 9.22. The van der Waals surface area contributed by atoms with Crippen LogP contribution in [0.5, 0.6) is 0 Å². The van der Waals surface area contributed by atoms with Crippen LogP contribution < -0.4 is 5.32 Å². The molecule has 0 spiro atoms. The minimum Gasteiger partial charge on any atom is -0.336 e. The standard InChI is InChI=1S/C13H15N3O/c1-8(2)14-13-15-12(16-17-13)11-7-9-5-3-4-6-10(9)11/h3-6,8,11H,7H2,1-2H3,(H,14,15,16). The Balaban J connectivity index is 1.81. The summed E-state index contributed by atoms with van der Waals surface area (Å²) < 4.78 is 5.18. The molecular formula is C13H15N3O. The second kappa shape index (κ2) is 3.87. The van der Waals surface area contributed by atoms with Gasteiger partial charge in [0, 0.05) is 6.04 Å². The van der Waals surface area contributed by atoms with E-state index >= 15 is 0 Å². The highest BCUT2D eigenvalue weighted by atomic mass is 16.5. The number of aromatic nitrogens is 2. The van der Waals surface area contributed by atoms with Crippen molar-refractivity contribution in [3.63, 3.8) is 0 Å². The van der Waals surface area contributed by atoms with E-state index in [0.29, 0.717) is 18.0 Å². The Morgan fingerprint density at radius 1 is 1.35 bits per heavy atom. The average molecular weight is 229 g/mol. The Kier molecular flexibility index (Phi) is 2.35. The second-order valence-corrected chi connectivity index (χ2v) is 4.71. The van der Waals surface area contributed by atoms with Gasteiger partial charge in [-0.3, -0.25) is 0 Å². The maximum atomic E-state index is 5.18. The van der Waals surface area contributed by atoms with Crippen molar-refractivity contribution in [2.45, 2.75) is 32.2 Å². The molecular weight excluding hydrogens is 214 g/mol. The minimum atomic E-state index is 0.303. The van der Waals surface area contributed by atoms with Crippen LogP contribution >= 0.6 is 0 Å². The molecule has 0 saturated carbocycles. The monoisotopic (exact) mass is 229 g/mol. The lowest BCUT2D eigenvalue weighted by atomic mass is 9.77. The molecule has 1 atom stereocenters. The number of hydrogen-bond acceptors (Lipinski definition) is 4. The Morgan fingerprint density at radius 3 is 2.94 bits per heavy atom. The molecule has 0 aliphatic heterocycles. The lowest BCUT2D eigenvalue weighted by Crippen LogP contribution is -2.19. The van der Waals surface area contributed by atoms with E-state index in [1.165, 1.54) is 11.1 Å². The Morgan fingerprint density at radius 2 is 2.18 bits per heavy atom. The molecule has 1 aliphatic rings. The van der Waals surface area contributed by atoms with Gasteiger partial charge >= 0.3 is 6.01 Å². The predicted molar refractivity (Wildman–Crippen MR) is 65.0 cm³/mol. The summed E-state index contributed by atoms with van der Waals surface area (Å²) in [6.07, 6.45) is 1.01. The van der Waals surface area contributed by atoms with E-state index in [1.807, 2.05) is 13.8 Å². The van der Waals surface area contributed by atoms with Crippen molar-refractivity contribution < 1.29 is 4.52 Å². The molecule has 4 heteroatoms. The van der Waals surface area contributed by atoms with E-state index < -0.39 is 0 Å². The van der Waals surface area contributed by atoms with E-state index in [1.54, 1.807) is 0 Å². The highest BCUT2D eigenvalue weighted by molar-refractivity contribution is 5.44. The summed E-state index contributed by atoms with van der Waals surface area (Å²) in [7, 11) is 0.